The van der Waals surface area contributed by atoms with E-state index < -0.39 is 0 Å². The first-order valence-corrected chi connectivity index (χ1v) is 5.39. The normalized spacial score (nSPS) is 40.9. The van der Waals surface area contributed by atoms with Crippen molar-refractivity contribution in [1.29, 1.82) is 0 Å². The summed E-state index contributed by atoms with van der Waals surface area (Å²) in [5.41, 5.74) is 0. The highest BCUT2D eigenvalue weighted by Gasteiger charge is 2.53. The van der Waals surface area contributed by atoms with E-state index in [1.807, 2.05) is 4.90 Å². The van der Waals surface area contributed by atoms with E-state index in [9.17, 15) is 9.59 Å². The van der Waals surface area contributed by atoms with Gasteiger partial charge in [-0.25, -0.2) is 4.79 Å². The van der Waals surface area contributed by atoms with Crippen LogP contribution in [0, 0.1) is 11.8 Å². The Morgan fingerprint density at radius 2 is 2.14 bits per heavy atom. The Kier molecular flexibility index (Phi) is 1.60. The first-order valence-electron chi connectivity index (χ1n) is 5.39. The Balaban J connectivity index is 1.90. The van der Waals surface area contributed by atoms with Crippen molar-refractivity contribution in [2.75, 3.05) is 6.54 Å². The van der Waals surface area contributed by atoms with E-state index in [0.29, 0.717) is 5.92 Å². The molecule has 0 aromatic heterocycles. The highest BCUT2D eigenvalue weighted by molar-refractivity contribution is 5.99. The molecule has 0 aromatic carbocycles. The van der Waals surface area contributed by atoms with Gasteiger partial charge >= 0.3 is 6.03 Å². The molecule has 3 rings (SSSR count). The molecule has 1 N–H and O–H groups in total. The van der Waals surface area contributed by atoms with E-state index in [1.165, 1.54) is 12.8 Å². The fourth-order valence-corrected chi connectivity index (χ4v) is 3.10. The van der Waals surface area contributed by atoms with E-state index >= 15 is 0 Å². The fourth-order valence-electron chi connectivity index (χ4n) is 3.10. The summed E-state index contributed by atoms with van der Waals surface area (Å²) in [6.45, 7) is 0.830. The molecule has 3 fully saturated rings. The van der Waals surface area contributed by atoms with E-state index in [0.717, 1.165) is 19.4 Å². The third kappa shape index (κ3) is 0.938. The fraction of sp³-hybridized carbons (Fsp3) is 0.800. The number of hydrogen-bond donors (Lipinski definition) is 1. The van der Waals surface area contributed by atoms with E-state index in [2.05, 4.69) is 5.32 Å². The zero-order valence-corrected chi connectivity index (χ0v) is 8.03. The van der Waals surface area contributed by atoms with Crippen LogP contribution in [0.2, 0.25) is 0 Å². The molecule has 76 valence electrons. The number of carbonyl (C=O) groups is 2. The van der Waals surface area contributed by atoms with Crippen molar-refractivity contribution in [3.05, 3.63) is 0 Å². The minimum absolute atomic E-state index is 0.0469. The van der Waals surface area contributed by atoms with Crippen LogP contribution in [0.1, 0.15) is 25.7 Å². The summed E-state index contributed by atoms with van der Waals surface area (Å²) >= 11 is 0. The number of urea groups is 1. The molecule has 4 heteroatoms. The monoisotopic (exact) mass is 194 g/mol. The molecule has 2 aliphatic heterocycles. The maximum atomic E-state index is 11.6. The Hall–Kier alpha value is -1.06. The first-order chi connectivity index (χ1) is 6.77. The lowest BCUT2D eigenvalue weighted by molar-refractivity contribution is -0.136. The Bertz CT molecular complexity index is 302. The summed E-state index contributed by atoms with van der Waals surface area (Å²) < 4.78 is 0. The van der Waals surface area contributed by atoms with Gasteiger partial charge in [-0.05, 0) is 25.2 Å². The summed E-state index contributed by atoms with van der Waals surface area (Å²) in [7, 11) is 0. The van der Waals surface area contributed by atoms with Crippen molar-refractivity contribution in [2.24, 2.45) is 11.8 Å². The van der Waals surface area contributed by atoms with Gasteiger partial charge in [0.05, 0.1) is 5.92 Å². The van der Waals surface area contributed by atoms with Crippen molar-refractivity contribution in [1.82, 2.24) is 10.2 Å². The largest absolute Gasteiger partial charge is 0.324 e. The molecule has 3 unspecified atom stereocenters. The van der Waals surface area contributed by atoms with Crippen LogP contribution in [-0.2, 0) is 4.79 Å². The number of rotatable bonds is 0. The number of nitrogens with one attached hydrogen (secondary N) is 1. The maximum absolute atomic E-state index is 11.6. The van der Waals surface area contributed by atoms with Crippen molar-refractivity contribution in [3.8, 4) is 0 Å². The van der Waals surface area contributed by atoms with Gasteiger partial charge in [-0.2, -0.15) is 0 Å². The van der Waals surface area contributed by atoms with Crippen LogP contribution in [0.15, 0.2) is 0 Å². The molecule has 14 heavy (non-hydrogen) atoms. The molecule has 1 aliphatic carbocycles. The molecule has 0 spiro atoms. The summed E-state index contributed by atoms with van der Waals surface area (Å²) in [6, 6.07) is 0.0709. The minimum Gasteiger partial charge on any atom is -0.320 e. The smallest absolute Gasteiger partial charge is 0.320 e. The number of imide groups is 1. The zero-order chi connectivity index (χ0) is 9.71. The Labute approximate surface area is 82.6 Å². The second-order valence-electron chi connectivity index (χ2n) is 4.58. The van der Waals surface area contributed by atoms with E-state index in [-0.39, 0.29) is 23.9 Å². The van der Waals surface area contributed by atoms with Crippen molar-refractivity contribution < 1.29 is 9.59 Å². The molecule has 0 aromatic rings. The Morgan fingerprint density at radius 3 is 3.00 bits per heavy atom. The summed E-state index contributed by atoms with van der Waals surface area (Å²) in [5, 5.41) is 2.44. The predicted octanol–water partition coefficient (Wildman–Crippen LogP) is 0.727. The molecule has 3 atom stereocenters. The topological polar surface area (TPSA) is 49.4 Å². The zero-order valence-electron chi connectivity index (χ0n) is 8.03. The predicted molar refractivity (Wildman–Crippen MR) is 49.5 cm³/mol. The van der Waals surface area contributed by atoms with E-state index in [1.54, 1.807) is 0 Å². The van der Waals surface area contributed by atoms with E-state index in [4.69, 9.17) is 0 Å². The van der Waals surface area contributed by atoms with Crippen LogP contribution < -0.4 is 5.32 Å². The van der Waals surface area contributed by atoms with Gasteiger partial charge in [-0.3, -0.25) is 10.1 Å². The van der Waals surface area contributed by atoms with Crippen LogP contribution in [0.5, 0.6) is 0 Å². The second-order valence-corrected chi connectivity index (χ2v) is 4.58. The molecule has 2 saturated heterocycles. The molecular formula is C10H14N2O2. The summed E-state index contributed by atoms with van der Waals surface area (Å²) in [5.74, 6) is 0.641. The van der Waals surface area contributed by atoms with Gasteiger partial charge in [0.15, 0.2) is 0 Å². The summed E-state index contributed by atoms with van der Waals surface area (Å²) in [6.07, 6.45) is 4.46. The molecular weight excluding hydrogens is 180 g/mol. The number of amides is 3. The third-order valence-electron chi connectivity index (χ3n) is 3.86. The lowest BCUT2D eigenvalue weighted by Gasteiger charge is -2.51. The summed E-state index contributed by atoms with van der Waals surface area (Å²) in [4.78, 5) is 24.9. The van der Waals surface area contributed by atoms with Gasteiger partial charge in [-0.1, -0.05) is 6.42 Å². The highest BCUT2D eigenvalue weighted by atomic mass is 16.2. The molecule has 3 aliphatic rings. The van der Waals surface area contributed by atoms with Crippen molar-refractivity contribution in [2.45, 2.75) is 31.7 Å². The van der Waals surface area contributed by atoms with Crippen molar-refractivity contribution in [3.63, 3.8) is 0 Å². The van der Waals surface area contributed by atoms with Crippen LogP contribution in [0.3, 0.4) is 0 Å². The third-order valence-corrected chi connectivity index (χ3v) is 3.86. The van der Waals surface area contributed by atoms with Gasteiger partial charge in [-0.15, -0.1) is 0 Å². The molecule has 2 heterocycles. The highest BCUT2D eigenvalue weighted by Crippen LogP contribution is 2.44. The quantitative estimate of drug-likeness (QED) is 0.618. The first kappa shape index (κ1) is 8.26. The lowest BCUT2D eigenvalue weighted by Crippen LogP contribution is -2.67. The SMILES string of the molecule is O=C1NC(=O)N2CCCCC3CC1C32. The molecule has 1 saturated carbocycles. The molecule has 0 bridgehead atoms. The average Bonchev–Trinajstić information content (AvgIpc) is 2.26. The van der Waals surface area contributed by atoms with Gasteiger partial charge in [0.2, 0.25) is 5.91 Å². The second kappa shape index (κ2) is 2.72. The minimum atomic E-state index is -0.164. The van der Waals surface area contributed by atoms with Gasteiger partial charge in [0.25, 0.3) is 0 Å². The molecule has 0 radical (unpaired) electrons. The van der Waals surface area contributed by atoms with Gasteiger partial charge in [0, 0.05) is 12.6 Å². The van der Waals surface area contributed by atoms with Crippen LogP contribution >= 0.6 is 0 Å². The lowest BCUT2D eigenvalue weighted by atomic mass is 9.66. The number of nitrogens with zero attached hydrogens (tertiary/aromatic N) is 1. The average molecular weight is 194 g/mol. The van der Waals surface area contributed by atoms with Crippen LogP contribution in [0.25, 0.3) is 0 Å². The van der Waals surface area contributed by atoms with Crippen molar-refractivity contribution >= 4 is 11.9 Å². The molecule has 4 nitrogen and oxygen atoms in total. The number of hydrogen-bond acceptors (Lipinski definition) is 2. The number of carbonyl (C=O) groups excluding carboxylic acids is 2. The Morgan fingerprint density at radius 1 is 1.29 bits per heavy atom. The molecule has 3 amide bonds. The van der Waals surface area contributed by atoms with Gasteiger partial charge < -0.3 is 4.90 Å². The van der Waals surface area contributed by atoms with Crippen LogP contribution in [-0.4, -0.2) is 29.4 Å². The standard InChI is InChI=1S/C10H14N2O2/c13-9-7-5-6-3-1-2-4-12(8(6)7)10(14)11-9/h6-8H,1-5H2,(H,11,13,14). The van der Waals surface area contributed by atoms with Crippen LogP contribution in [0.4, 0.5) is 4.79 Å². The maximum Gasteiger partial charge on any atom is 0.324 e. The van der Waals surface area contributed by atoms with Gasteiger partial charge in [0.1, 0.15) is 0 Å².